The maximum Gasteiger partial charge on any atom is 0.408 e. The van der Waals surface area contributed by atoms with Gasteiger partial charge in [-0.25, -0.2) is 4.79 Å². The molecule has 2 amide bonds. The minimum absolute atomic E-state index is 0.240. The SMILES string of the molecule is CC(C)(C)OC(=O)NC(CCN1CCC2(CC1)CCN(Cc1cccnc1)C2=O)c1ccccc1Cl. The molecule has 1 N–H and O–H groups in total. The molecule has 1 spiro atoms. The number of carbonyl (C=O) groups excluding carboxylic acids is 2. The molecular formula is C28H37ClN4O3. The van der Waals surface area contributed by atoms with Crippen LogP contribution in [-0.2, 0) is 16.1 Å². The van der Waals surface area contributed by atoms with Crippen molar-refractivity contribution in [3.05, 3.63) is 64.9 Å². The lowest BCUT2D eigenvalue weighted by molar-refractivity contribution is -0.138. The monoisotopic (exact) mass is 512 g/mol. The predicted octanol–water partition coefficient (Wildman–Crippen LogP) is 5.21. The van der Waals surface area contributed by atoms with Gasteiger partial charge in [-0.2, -0.15) is 0 Å². The van der Waals surface area contributed by atoms with Gasteiger partial charge >= 0.3 is 6.09 Å². The second-order valence-corrected chi connectivity index (χ2v) is 11.4. The highest BCUT2D eigenvalue weighted by atomic mass is 35.5. The zero-order chi connectivity index (χ0) is 25.8. The van der Waals surface area contributed by atoms with Crippen molar-refractivity contribution in [2.24, 2.45) is 5.41 Å². The minimum atomic E-state index is -0.574. The maximum atomic E-state index is 13.3. The Morgan fingerprint density at radius 3 is 2.53 bits per heavy atom. The highest BCUT2D eigenvalue weighted by Gasteiger charge is 2.47. The van der Waals surface area contributed by atoms with Crippen molar-refractivity contribution >= 4 is 23.6 Å². The molecule has 8 heteroatoms. The molecule has 1 aromatic carbocycles. The van der Waals surface area contributed by atoms with Gasteiger partial charge in [0.2, 0.25) is 5.91 Å². The molecular weight excluding hydrogens is 476 g/mol. The van der Waals surface area contributed by atoms with Gasteiger partial charge in [0.1, 0.15) is 5.60 Å². The van der Waals surface area contributed by atoms with Crippen LogP contribution in [0.25, 0.3) is 0 Å². The van der Waals surface area contributed by atoms with Crippen LogP contribution in [0.3, 0.4) is 0 Å². The number of alkyl carbamates (subject to hydrolysis) is 1. The Kier molecular flexibility index (Phi) is 8.20. The van der Waals surface area contributed by atoms with Crippen molar-refractivity contribution in [1.29, 1.82) is 0 Å². The van der Waals surface area contributed by atoms with Gasteiger partial charge in [-0.1, -0.05) is 35.9 Å². The standard InChI is InChI=1S/C28H37ClN4O3/c1-27(2,3)36-26(35)31-24(22-8-4-5-9-23(22)29)10-15-32-16-11-28(12-17-32)13-18-33(25(28)34)20-21-7-6-14-30-19-21/h4-9,14,19,24H,10-13,15-18,20H2,1-3H3,(H,31,35). The fraction of sp³-hybridized carbons (Fsp3) is 0.536. The molecule has 2 aliphatic rings. The highest BCUT2D eigenvalue weighted by molar-refractivity contribution is 6.31. The molecule has 1 aromatic heterocycles. The lowest BCUT2D eigenvalue weighted by atomic mass is 9.77. The number of hydrogen-bond acceptors (Lipinski definition) is 5. The fourth-order valence-electron chi connectivity index (χ4n) is 5.25. The second kappa shape index (κ2) is 11.2. The molecule has 2 fully saturated rings. The molecule has 4 rings (SSSR count). The Morgan fingerprint density at radius 2 is 1.86 bits per heavy atom. The number of hydrogen-bond donors (Lipinski definition) is 1. The van der Waals surface area contributed by atoms with Crippen LogP contribution in [0.1, 0.15) is 63.6 Å². The molecule has 1 unspecified atom stereocenters. The fourth-order valence-corrected chi connectivity index (χ4v) is 5.52. The predicted molar refractivity (Wildman–Crippen MR) is 141 cm³/mol. The Morgan fingerprint density at radius 1 is 1.14 bits per heavy atom. The van der Waals surface area contributed by atoms with E-state index < -0.39 is 11.7 Å². The first kappa shape index (κ1) is 26.4. The molecule has 1 atom stereocenters. The second-order valence-electron chi connectivity index (χ2n) is 11.0. The number of ether oxygens (including phenoxy) is 1. The van der Waals surface area contributed by atoms with Crippen molar-refractivity contribution in [1.82, 2.24) is 20.1 Å². The first-order valence-electron chi connectivity index (χ1n) is 12.8. The third-order valence-electron chi connectivity index (χ3n) is 7.22. The number of nitrogens with zero attached hydrogens (tertiary/aromatic N) is 3. The normalized spacial score (nSPS) is 18.9. The molecule has 36 heavy (non-hydrogen) atoms. The lowest BCUT2D eigenvalue weighted by Gasteiger charge is -2.38. The number of likely N-dealkylation sites (tertiary alicyclic amines) is 2. The van der Waals surface area contributed by atoms with Crippen LogP contribution >= 0.6 is 11.6 Å². The summed E-state index contributed by atoms with van der Waals surface area (Å²) in [4.78, 5) is 34.4. The molecule has 194 valence electrons. The lowest BCUT2D eigenvalue weighted by Crippen LogP contribution is -2.45. The van der Waals surface area contributed by atoms with E-state index in [2.05, 4.69) is 15.2 Å². The van der Waals surface area contributed by atoms with E-state index >= 15 is 0 Å². The number of aromatic nitrogens is 1. The van der Waals surface area contributed by atoms with Crippen molar-refractivity contribution in [3.8, 4) is 0 Å². The summed E-state index contributed by atoms with van der Waals surface area (Å²) in [6, 6.07) is 11.3. The maximum absolute atomic E-state index is 13.3. The van der Waals surface area contributed by atoms with Crippen LogP contribution in [0.5, 0.6) is 0 Å². The molecule has 0 bridgehead atoms. The van der Waals surface area contributed by atoms with Crippen LogP contribution < -0.4 is 5.32 Å². The van der Waals surface area contributed by atoms with Crippen LogP contribution in [0.2, 0.25) is 5.02 Å². The molecule has 0 radical (unpaired) electrons. The summed E-state index contributed by atoms with van der Waals surface area (Å²) >= 11 is 6.47. The van der Waals surface area contributed by atoms with Crippen LogP contribution in [0, 0.1) is 5.41 Å². The van der Waals surface area contributed by atoms with E-state index in [-0.39, 0.29) is 17.4 Å². The Balaban J connectivity index is 1.33. The molecule has 2 aliphatic heterocycles. The van der Waals surface area contributed by atoms with Gasteiger partial charge in [0, 0.05) is 37.1 Å². The summed E-state index contributed by atoms with van der Waals surface area (Å²) in [5.74, 6) is 0.284. The number of pyridine rings is 1. The smallest absolute Gasteiger partial charge is 0.408 e. The summed E-state index contributed by atoms with van der Waals surface area (Å²) in [6.45, 7) is 9.53. The van der Waals surface area contributed by atoms with Crippen LogP contribution in [0.4, 0.5) is 4.79 Å². The van der Waals surface area contributed by atoms with Crippen molar-refractivity contribution in [3.63, 3.8) is 0 Å². The number of halogens is 1. The number of rotatable bonds is 7. The third-order valence-corrected chi connectivity index (χ3v) is 7.56. The zero-order valence-electron chi connectivity index (χ0n) is 21.5. The third kappa shape index (κ3) is 6.56. The average Bonchev–Trinajstić information content (AvgIpc) is 3.12. The van der Waals surface area contributed by atoms with Crippen molar-refractivity contribution in [2.45, 2.75) is 64.6 Å². The van der Waals surface area contributed by atoms with E-state index in [4.69, 9.17) is 16.3 Å². The van der Waals surface area contributed by atoms with E-state index in [0.29, 0.717) is 18.0 Å². The Hall–Kier alpha value is -2.64. The summed E-state index contributed by atoms with van der Waals surface area (Å²) in [5.41, 5.74) is 1.14. The van der Waals surface area contributed by atoms with Crippen LogP contribution in [-0.4, -0.2) is 58.6 Å². The van der Waals surface area contributed by atoms with E-state index in [9.17, 15) is 9.59 Å². The van der Waals surface area contributed by atoms with Gasteiger partial charge in [0.25, 0.3) is 0 Å². The summed E-state index contributed by atoms with van der Waals surface area (Å²) in [5, 5.41) is 3.64. The Bertz CT molecular complexity index is 1050. The quantitative estimate of drug-likeness (QED) is 0.551. The molecule has 2 saturated heterocycles. The van der Waals surface area contributed by atoms with Gasteiger partial charge in [0.15, 0.2) is 0 Å². The number of amides is 2. The van der Waals surface area contributed by atoms with Gasteiger partial charge in [-0.15, -0.1) is 0 Å². The first-order chi connectivity index (χ1) is 17.2. The largest absolute Gasteiger partial charge is 0.444 e. The molecule has 3 heterocycles. The number of nitrogens with one attached hydrogen (secondary N) is 1. The van der Waals surface area contributed by atoms with Gasteiger partial charge in [0.05, 0.1) is 11.5 Å². The van der Waals surface area contributed by atoms with Gasteiger partial charge in [-0.3, -0.25) is 9.78 Å². The van der Waals surface area contributed by atoms with E-state index in [1.165, 1.54) is 0 Å². The van der Waals surface area contributed by atoms with E-state index in [1.807, 2.05) is 68.3 Å². The number of carbonyl (C=O) groups is 2. The highest BCUT2D eigenvalue weighted by Crippen LogP contribution is 2.42. The summed E-state index contributed by atoms with van der Waals surface area (Å²) in [7, 11) is 0. The molecule has 2 aromatic rings. The summed E-state index contributed by atoms with van der Waals surface area (Å²) < 4.78 is 5.50. The average molecular weight is 513 g/mol. The van der Waals surface area contributed by atoms with Gasteiger partial charge in [-0.05, 0) is 82.8 Å². The van der Waals surface area contributed by atoms with E-state index in [0.717, 1.165) is 56.6 Å². The van der Waals surface area contributed by atoms with Crippen LogP contribution in [0.15, 0.2) is 48.8 Å². The zero-order valence-corrected chi connectivity index (χ0v) is 22.3. The number of benzene rings is 1. The first-order valence-corrected chi connectivity index (χ1v) is 13.2. The van der Waals surface area contributed by atoms with Crippen molar-refractivity contribution in [2.75, 3.05) is 26.2 Å². The molecule has 0 aliphatic carbocycles. The van der Waals surface area contributed by atoms with Crippen molar-refractivity contribution < 1.29 is 14.3 Å². The minimum Gasteiger partial charge on any atom is -0.444 e. The topological polar surface area (TPSA) is 74.8 Å². The number of piperidine rings is 1. The Labute approximate surface area is 219 Å². The molecule has 0 saturated carbocycles. The van der Waals surface area contributed by atoms with E-state index in [1.54, 1.807) is 6.20 Å². The summed E-state index contributed by atoms with van der Waals surface area (Å²) in [6.07, 6.45) is 6.50. The molecule has 7 nitrogen and oxygen atoms in total. The van der Waals surface area contributed by atoms with Gasteiger partial charge < -0.3 is 19.9 Å².